The maximum Gasteiger partial charge on any atom is 0.335 e. The second-order valence-electron chi connectivity index (χ2n) is 6.40. The van der Waals surface area contributed by atoms with E-state index in [-0.39, 0.29) is 16.9 Å². The minimum Gasteiger partial charge on any atom is -0.508 e. The van der Waals surface area contributed by atoms with Crippen molar-refractivity contribution in [3.05, 3.63) is 100 Å². The van der Waals surface area contributed by atoms with Crippen molar-refractivity contribution in [3.63, 3.8) is 0 Å². The van der Waals surface area contributed by atoms with Crippen LogP contribution in [0.15, 0.2) is 77.6 Å². The summed E-state index contributed by atoms with van der Waals surface area (Å²) in [4.78, 5) is 28.9. The average Bonchev–Trinajstić information content (AvgIpc) is 2.73. The van der Waals surface area contributed by atoms with Gasteiger partial charge in [-0.15, -0.1) is 0 Å². The molecule has 2 N–H and O–H groups in total. The number of nitrogens with zero attached hydrogens (tertiary/aromatic N) is 2. The summed E-state index contributed by atoms with van der Waals surface area (Å²) in [5.41, 5.74) is 1.81. The Balaban J connectivity index is 1.89. The standard InChI is InChI=1S/C23H16N2O4/c26-18-12-5-15(6-13-18)7-14-21-24-20-4-2-1-3-19(20)22(27)25(21)17-10-8-16(9-11-17)23(28)29/h1-14,26H,(H,28,29)/b14-7+. The number of phenols is 1. The summed E-state index contributed by atoms with van der Waals surface area (Å²) in [5.74, 6) is -0.459. The van der Waals surface area contributed by atoms with E-state index in [1.165, 1.54) is 16.7 Å². The Hall–Kier alpha value is -4.19. The van der Waals surface area contributed by atoms with Crippen molar-refractivity contribution in [2.24, 2.45) is 0 Å². The van der Waals surface area contributed by atoms with Crippen LogP contribution in [0.1, 0.15) is 21.7 Å². The van der Waals surface area contributed by atoms with E-state index in [4.69, 9.17) is 5.11 Å². The molecule has 0 spiro atoms. The Morgan fingerprint density at radius 3 is 2.28 bits per heavy atom. The molecule has 3 aromatic carbocycles. The zero-order valence-electron chi connectivity index (χ0n) is 15.2. The molecule has 6 nitrogen and oxygen atoms in total. The molecule has 0 fully saturated rings. The quantitative estimate of drug-likeness (QED) is 0.556. The van der Waals surface area contributed by atoms with Crippen molar-refractivity contribution in [2.45, 2.75) is 0 Å². The zero-order valence-corrected chi connectivity index (χ0v) is 15.2. The van der Waals surface area contributed by atoms with Gasteiger partial charge in [0.15, 0.2) is 0 Å². The predicted octanol–water partition coefficient (Wildman–Crippen LogP) is 3.96. The first-order valence-corrected chi connectivity index (χ1v) is 8.85. The second-order valence-corrected chi connectivity index (χ2v) is 6.40. The first kappa shape index (κ1) is 18.2. The van der Waals surface area contributed by atoms with Gasteiger partial charge < -0.3 is 10.2 Å². The predicted molar refractivity (Wildman–Crippen MR) is 111 cm³/mol. The van der Waals surface area contributed by atoms with Crippen molar-refractivity contribution in [1.82, 2.24) is 9.55 Å². The fraction of sp³-hybridized carbons (Fsp3) is 0. The summed E-state index contributed by atoms with van der Waals surface area (Å²) >= 11 is 0. The Labute approximate surface area is 165 Å². The lowest BCUT2D eigenvalue weighted by molar-refractivity contribution is 0.0697. The van der Waals surface area contributed by atoms with Crippen LogP contribution in [0.3, 0.4) is 0 Å². The number of phenolic OH excluding ortho intramolecular Hbond substituents is 1. The molecular formula is C23H16N2O4. The lowest BCUT2D eigenvalue weighted by Crippen LogP contribution is -2.22. The smallest absolute Gasteiger partial charge is 0.335 e. The SMILES string of the molecule is O=C(O)c1ccc(-n2c(/C=C/c3ccc(O)cc3)nc3ccccc3c2=O)cc1. The van der Waals surface area contributed by atoms with Crippen LogP contribution in [0.25, 0.3) is 28.7 Å². The van der Waals surface area contributed by atoms with Crippen molar-refractivity contribution in [2.75, 3.05) is 0 Å². The minimum absolute atomic E-state index is 0.136. The monoisotopic (exact) mass is 384 g/mol. The van der Waals surface area contributed by atoms with Crippen LogP contribution < -0.4 is 5.56 Å². The molecular weight excluding hydrogens is 368 g/mol. The Bertz CT molecular complexity index is 1290. The van der Waals surface area contributed by atoms with Gasteiger partial charge in [-0.3, -0.25) is 9.36 Å². The highest BCUT2D eigenvalue weighted by Crippen LogP contribution is 2.17. The largest absolute Gasteiger partial charge is 0.508 e. The summed E-state index contributed by atoms with van der Waals surface area (Å²) < 4.78 is 1.45. The van der Waals surface area contributed by atoms with Gasteiger partial charge in [0.05, 0.1) is 22.2 Å². The number of aromatic hydroxyl groups is 1. The van der Waals surface area contributed by atoms with E-state index in [2.05, 4.69) is 4.98 Å². The average molecular weight is 384 g/mol. The van der Waals surface area contributed by atoms with Gasteiger partial charge in [-0.05, 0) is 60.2 Å². The molecule has 1 aromatic heterocycles. The van der Waals surface area contributed by atoms with Crippen molar-refractivity contribution < 1.29 is 15.0 Å². The van der Waals surface area contributed by atoms with E-state index in [0.717, 1.165) is 5.56 Å². The molecule has 0 atom stereocenters. The van der Waals surface area contributed by atoms with Gasteiger partial charge in [0, 0.05) is 0 Å². The third-order valence-corrected chi connectivity index (χ3v) is 4.49. The number of carboxylic acid groups (broad SMARTS) is 1. The molecule has 142 valence electrons. The highest BCUT2D eigenvalue weighted by molar-refractivity contribution is 5.88. The number of carboxylic acids is 1. The van der Waals surface area contributed by atoms with E-state index in [1.54, 1.807) is 66.7 Å². The molecule has 0 radical (unpaired) electrons. The molecule has 6 heteroatoms. The summed E-state index contributed by atoms with van der Waals surface area (Å²) in [6.07, 6.45) is 3.50. The number of benzene rings is 3. The molecule has 4 rings (SSSR count). The second kappa shape index (κ2) is 7.44. The van der Waals surface area contributed by atoms with E-state index >= 15 is 0 Å². The first-order chi connectivity index (χ1) is 14.0. The molecule has 4 aromatic rings. The molecule has 0 aliphatic heterocycles. The van der Waals surface area contributed by atoms with Crippen LogP contribution in [-0.4, -0.2) is 25.7 Å². The van der Waals surface area contributed by atoms with Crippen LogP contribution in [0.2, 0.25) is 0 Å². The van der Waals surface area contributed by atoms with Crippen LogP contribution in [0.4, 0.5) is 0 Å². The lowest BCUT2D eigenvalue weighted by atomic mass is 10.1. The van der Waals surface area contributed by atoms with Gasteiger partial charge in [0.25, 0.3) is 5.56 Å². The molecule has 0 aliphatic carbocycles. The molecule has 0 unspecified atom stereocenters. The molecule has 0 saturated heterocycles. The maximum atomic E-state index is 13.2. The fourth-order valence-electron chi connectivity index (χ4n) is 3.02. The topological polar surface area (TPSA) is 92.4 Å². The van der Waals surface area contributed by atoms with Gasteiger partial charge >= 0.3 is 5.97 Å². The molecule has 0 saturated carbocycles. The van der Waals surface area contributed by atoms with Crippen molar-refractivity contribution in [1.29, 1.82) is 0 Å². The molecule has 0 aliphatic rings. The first-order valence-electron chi connectivity index (χ1n) is 8.85. The number of aromatic carboxylic acids is 1. The van der Waals surface area contributed by atoms with Gasteiger partial charge in [-0.25, -0.2) is 9.78 Å². The van der Waals surface area contributed by atoms with E-state index < -0.39 is 5.97 Å². The number of hydrogen-bond donors (Lipinski definition) is 2. The summed E-state index contributed by atoms with van der Waals surface area (Å²) in [6.45, 7) is 0. The van der Waals surface area contributed by atoms with Crippen LogP contribution in [0.5, 0.6) is 5.75 Å². The normalized spacial score (nSPS) is 11.2. The molecule has 0 bridgehead atoms. The van der Waals surface area contributed by atoms with Crippen LogP contribution >= 0.6 is 0 Å². The van der Waals surface area contributed by atoms with E-state index in [1.807, 2.05) is 6.07 Å². The molecule has 29 heavy (non-hydrogen) atoms. The van der Waals surface area contributed by atoms with Crippen molar-refractivity contribution >= 4 is 29.0 Å². The highest BCUT2D eigenvalue weighted by atomic mass is 16.4. The summed E-state index contributed by atoms with van der Waals surface area (Å²) in [7, 11) is 0. The van der Waals surface area contributed by atoms with Gasteiger partial charge in [0.2, 0.25) is 0 Å². The summed E-state index contributed by atoms with van der Waals surface area (Å²) in [6, 6.07) is 19.8. The third kappa shape index (κ3) is 3.64. The maximum absolute atomic E-state index is 13.2. The van der Waals surface area contributed by atoms with Gasteiger partial charge in [-0.2, -0.15) is 0 Å². The Kier molecular flexibility index (Phi) is 4.66. The fourth-order valence-corrected chi connectivity index (χ4v) is 3.02. The Morgan fingerprint density at radius 2 is 1.59 bits per heavy atom. The van der Waals surface area contributed by atoms with Gasteiger partial charge in [0.1, 0.15) is 11.6 Å². The lowest BCUT2D eigenvalue weighted by Gasteiger charge is -2.11. The number of rotatable bonds is 4. The van der Waals surface area contributed by atoms with E-state index in [0.29, 0.717) is 22.4 Å². The van der Waals surface area contributed by atoms with E-state index in [9.17, 15) is 14.7 Å². The zero-order chi connectivity index (χ0) is 20.4. The van der Waals surface area contributed by atoms with Crippen molar-refractivity contribution in [3.8, 4) is 11.4 Å². The number of hydrogen-bond acceptors (Lipinski definition) is 4. The minimum atomic E-state index is -1.03. The highest BCUT2D eigenvalue weighted by Gasteiger charge is 2.12. The Morgan fingerprint density at radius 1 is 0.897 bits per heavy atom. The number of para-hydroxylation sites is 1. The summed E-state index contributed by atoms with van der Waals surface area (Å²) in [5, 5.41) is 19.0. The number of aromatic nitrogens is 2. The molecule has 0 amide bonds. The van der Waals surface area contributed by atoms with Crippen LogP contribution in [0, 0.1) is 0 Å². The number of carbonyl (C=O) groups is 1. The number of fused-ring (bicyclic) bond motifs is 1. The third-order valence-electron chi connectivity index (χ3n) is 4.49. The van der Waals surface area contributed by atoms with Gasteiger partial charge in [-0.1, -0.05) is 30.3 Å². The molecule has 1 heterocycles. The van der Waals surface area contributed by atoms with Crippen LogP contribution in [-0.2, 0) is 0 Å².